The van der Waals surface area contributed by atoms with Crippen LogP contribution in [0.1, 0.15) is 19.4 Å². The number of benzene rings is 2. The summed E-state index contributed by atoms with van der Waals surface area (Å²) in [6, 6.07) is 14.2. The lowest BCUT2D eigenvalue weighted by atomic mass is 10.1. The van der Waals surface area contributed by atoms with Crippen LogP contribution in [0.15, 0.2) is 53.4 Å². The van der Waals surface area contributed by atoms with Crippen LogP contribution in [0.2, 0.25) is 0 Å². The molecule has 1 N–H and O–H groups in total. The maximum absolute atomic E-state index is 13.0. The second-order valence-corrected chi connectivity index (χ2v) is 9.44. The van der Waals surface area contributed by atoms with Gasteiger partial charge in [0.1, 0.15) is 5.75 Å². The van der Waals surface area contributed by atoms with Crippen LogP contribution >= 0.6 is 0 Å². The summed E-state index contributed by atoms with van der Waals surface area (Å²) >= 11 is 0. The SMILES string of the molecule is COc1ccc(S(=O)(=O)Nc2nn(CC(C)C)c3nc4cc(C)ccc4cc23)cc1. The third-order valence-corrected chi connectivity index (χ3v) is 6.17. The molecule has 0 radical (unpaired) electrons. The van der Waals surface area contributed by atoms with Crippen molar-refractivity contribution in [3.05, 3.63) is 54.1 Å². The van der Waals surface area contributed by atoms with Gasteiger partial charge in [-0.3, -0.25) is 4.72 Å². The van der Waals surface area contributed by atoms with E-state index in [1.165, 1.54) is 19.2 Å². The first-order valence-corrected chi connectivity index (χ1v) is 11.2. The topological polar surface area (TPSA) is 86.1 Å². The molecule has 0 bridgehead atoms. The quantitative estimate of drug-likeness (QED) is 0.497. The fourth-order valence-electron chi connectivity index (χ4n) is 3.35. The van der Waals surface area contributed by atoms with Crippen molar-refractivity contribution in [3.8, 4) is 5.75 Å². The van der Waals surface area contributed by atoms with E-state index in [1.807, 2.05) is 31.2 Å². The van der Waals surface area contributed by atoms with Crippen molar-refractivity contribution in [3.63, 3.8) is 0 Å². The van der Waals surface area contributed by atoms with E-state index in [4.69, 9.17) is 9.72 Å². The number of nitrogens with zero attached hydrogens (tertiary/aromatic N) is 3. The maximum Gasteiger partial charge on any atom is 0.263 e. The first-order chi connectivity index (χ1) is 14.3. The highest BCUT2D eigenvalue weighted by molar-refractivity contribution is 7.92. The molecule has 0 saturated heterocycles. The minimum Gasteiger partial charge on any atom is -0.497 e. The molecule has 2 aromatic heterocycles. The summed E-state index contributed by atoms with van der Waals surface area (Å²) in [5.41, 5.74) is 2.64. The molecular weight excluding hydrogens is 400 g/mol. The van der Waals surface area contributed by atoms with Gasteiger partial charge >= 0.3 is 0 Å². The molecule has 7 nitrogen and oxygen atoms in total. The molecule has 0 aliphatic heterocycles. The molecule has 8 heteroatoms. The Bertz CT molecular complexity index is 1330. The van der Waals surface area contributed by atoms with Crippen molar-refractivity contribution in [2.45, 2.75) is 32.2 Å². The number of ether oxygens (including phenoxy) is 1. The average Bonchev–Trinajstić information content (AvgIpc) is 3.01. The van der Waals surface area contributed by atoms with E-state index in [2.05, 4.69) is 23.7 Å². The molecule has 156 valence electrons. The molecule has 0 unspecified atom stereocenters. The summed E-state index contributed by atoms with van der Waals surface area (Å²) in [4.78, 5) is 4.92. The van der Waals surface area contributed by atoms with Gasteiger partial charge in [-0.1, -0.05) is 26.0 Å². The number of nitrogens with one attached hydrogen (secondary N) is 1. The molecule has 0 aliphatic rings. The standard InChI is InChI=1S/C22H24N4O3S/c1-14(2)13-26-22-19(12-16-6-5-15(3)11-20(16)23-22)21(24-26)25-30(27,28)18-9-7-17(29-4)8-10-18/h5-12,14H,13H2,1-4H3,(H,24,25). The van der Waals surface area contributed by atoms with Gasteiger partial charge in [-0.05, 0) is 54.8 Å². The van der Waals surface area contributed by atoms with Crippen LogP contribution in [-0.4, -0.2) is 30.3 Å². The van der Waals surface area contributed by atoms with Crippen LogP contribution in [0.25, 0.3) is 21.9 Å². The fraction of sp³-hybridized carbons (Fsp3) is 0.273. The third-order valence-electron chi connectivity index (χ3n) is 4.81. The van der Waals surface area contributed by atoms with Crippen LogP contribution < -0.4 is 9.46 Å². The number of hydrogen-bond acceptors (Lipinski definition) is 5. The molecule has 30 heavy (non-hydrogen) atoms. The molecule has 0 atom stereocenters. The van der Waals surface area contributed by atoms with Gasteiger partial charge in [0.2, 0.25) is 0 Å². The Kier molecular flexibility index (Phi) is 5.11. The van der Waals surface area contributed by atoms with Crippen LogP contribution in [0.4, 0.5) is 5.82 Å². The number of fused-ring (bicyclic) bond motifs is 2. The van der Waals surface area contributed by atoms with Crippen molar-refractivity contribution in [2.24, 2.45) is 5.92 Å². The Hall–Kier alpha value is -3.13. The molecule has 4 rings (SSSR count). The minimum atomic E-state index is -3.81. The molecule has 2 aromatic carbocycles. The lowest BCUT2D eigenvalue weighted by Crippen LogP contribution is -2.14. The van der Waals surface area contributed by atoms with E-state index in [9.17, 15) is 8.42 Å². The number of hydrogen-bond donors (Lipinski definition) is 1. The van der Waals surface area contributed by atoms with E-state index in [0.29, 0.717) is 29.2 Å². The highest BCUT2D eigenvalue weighted by atomic mass is 32.2. The van der Waals surface area contributed by atoms with Gasteiger partial charge in [0.25, 0.3) is 10.0 Å². The average molecular weight is 425 g/mol. The summed E-state index contributed by atoms with van der Waals surface area (Å²) in [7, 11) is -2.28. The van der Waals surface area contributed by atoms with Crippen LogP contribution in [-0.2, 0) is 16.6 Å². The Labute approximate surface area is 175 Å². The normalized spacial score (nSPS) is 12.0. The van der Waals surface area contributed by atoms with Crippen molar-refractivity contribution in [1.29, 1.82) is 0 Å². The Morgan fingerprint density at radius 1 is 1.10 bits per heavy atom. The zero-order chi connectivity index (χ0) is 21.5. The molecule has 4 aromatic rings. The van der Waals surface area contributed by atoms with Gasteiger partial charge < -0.3 is 4.74 Å². The second-order valence-electron chi connectivity index (χ2n) is 7.76. The molecule has 0 spiro atoms. The second kappa shape index (κ2) is 7.60. The van der Waals surface area contributed by atoms with Crippen molar-refractivity contribution in [1.82, 2.24) is 14.8 Å². The Balaban J connectivity index is 1.83. The number of sulfonamides is 1. The summed E-state index contributed by atoms with van der Waals surface area (Å²) in [6.07, 6.45) is 0. The first kappa shape index (κ1) is 20.2. The van der Waals surface area contributed by atoms with Gasteiger partial charge in [-0.15, -0.1) is 0 Å². The predicted molar refractivity (Wildman–Crippen MR) is 118 cm³/mol. The summed E-state index contributed by atoms with van der Waals surface area (Å²) in [5.74, 6) is 1.19. The van der Waals surface area contributed by atoms with Gasteiger partial charge in [0.15, 0.2) is 11.5 Å². The van der Waals surface area contributed by atoms with Crippen LogP contribution in [0, 0.1) is 12.8 Å². The smallest absolute Gasteiger partial charge is 0.263 e. The van der Waals surface area contributed by atoms with Gasteiger partial charge in [-0.25, -0.2) is 18.1 Å². The summed E-state index contributed by atoms with van der Waals surface area (Å²) < 4.78 is 35.4. The van der Waals surface area contributed by atoms with Crippen LogP contribution in [0.5, 0.6) is 5.75 Å². The van der Waals surface area contributed by atoms with Gasteiger partial charge in [0, 0.05) is 11.9 Å². The van der Waals surface area contributed by atoms with E-state index in [1.54, 1.807) is 16.8 Å². The number of methoxy groups -OCH3 is 1. The highest BCUT2D eigenvalue weighted by Crippen LogP contribution is 2.29. The predicted octanol–water partition coefficient (Wildman–Crippen LogP) is 4.36. The monoisotopic (exact) mass is 424 g/mol. The fourth-order valence-corrected chi connectivity index (χ4v) is 4.37. The number of anilines is 1. The lowest BCUT2D eigenvalue weighted by molar-refractivity contribution is 0.414. The zero-order valence-electron chi connectivity index (χ0n) is 17.4. The summed E-state index contributed by atoms with van der Waals surface area (Å²) in [6.45, 7) is 6.82. The molecular formula is C22H24N4O3S. The van der Waals surface area contributed by atoms with E-state index in [0.717, 1.165) is 16.5 Å². The number of pyridine rings is 1. The number of aromatic nitrogens is 3. The van der Waals surface area contributed by atoms with Crippen LogP contribution in [0.3, 0.4) is 0 Å². The van der Waals surface area contributed by atoms with Crippen molar-refractivity contribution >= 4 is 37.8 Å². The lowest BCUT2D eigenvalue weighted by Gasteiger charge is -2.07. The maximum atomic E-state index is 13.0. The van der Waals surface area contributed by atoms with Gasteiger partial charge in [0.05, 0.1) is 22.9 Å². The third kappa shape index (κ3) is 3.82. The van der Waals surface area contributed by atoms with Crippen molar-refractivity contribution in [2.75, 3.05) is 11.8 Å². The van der Waals surface area contributed by atoms with E-state index < -0.39 is 10.0 Å². The zero-order valence-corrected chi connectivity index (χ0v) is 18.2. The summed E-state index contributed by atoms with van der Waals surface area (Å²) in [5, 5.41) is 6.16. The first-order valence-electron chi connectivity index (χ1n) is 9.71. The van der Waals surface area contributed by atoms with E-state index >= 15 is 0 Å². The number of aryl methyl sites for hydroxylation is 1. The largest absolute Gasteiger partial charge is 0.497 e. The molecule has 0 fully saturated rings. The molecule has 2 heterocycles. The molecule has 0 aliphatic carbocycles. The minimum absolute atomic E-state index is 0.138. The highest BCUT2D eigenvalue weighted by Gasteiger charge is 2.21. The van der Waals surface area contributed by atoms with Crippen molar-refractivity contribution < 1.29 is 13.2 Å². The Morgan fingerprint density at radius 3 is 2.50 bits per heavy atom. The molecule has 0 amide bonds. The number of rotatable bonds is 6. The molecule has 0 saturated carbocycles. The van der Waals surface area contributed by atoms with E-state index in [-0.39, 0.29) is 10.7 Å². The van der Waals surface area contributed by atoms with Gasteiger partial charge in [-0.2, -0.15) is 5.10 Å². The Morgan fingerprint density at radius 2 is 1.83 bits per heavy atom.